The molecule has 8 heteroatoms. The van der Waals surface area contributed by atoms with Crippen LogP contribution in [0.4, 0.5) is 16.2 Å². The molecule has 3 aromatic carbocycles. The molecule has 3 amide bonds. The van der Waals surface area contributed by atoms with Gasteiger partial charge in [0, 0.05) is 36.0 Å². The number of amides is 3. The van der Waals surface area contributed by atoms with Crippen molar-refractivity contribution in [2.24, 2.45) is 0 Å². The molecule has 1 aromatic heterocycles. The molecule has 0 fully saturated rings. The van der Waals surface area contributed by atoms with E-state index in [1.807, 2.05) is 55.5 Å². The van der Waals surface area contributed by atoms with E-state index in [9.17, 15) is 14.4 Å². The number of fused-ring (bicyclic) bond motifs is 1. The Bertz CT molecular complexity index is 1440. The van der Waals surface area contributed by atoms with Crippen LogP contribution in [0.5, 0.6) is 0 Å². The lowest BCUT2D eigenvalue weighted by molar-refractivity contribution is -0.120. The molecule has 35 heavy (non-hydrogen) atoms. The molecule has 0 unspecified atom stereocenters. The van der Waals surface area contributed by atoms with Gasteiger partial charge in [-0.05, 0) is 54.4 Å². The van der Waals surface area contributed by atoms with Crippen molar-refractivity contribution < 1.29 is 9.59 Å². The molecule has 5 rings (SSSR count). The van der Waals surface area contributed by atoms with Crippen LogP contribution in [-0.2, 0) is 11.3 Å². The van der Waals surface area contributed by atoms with E-state index >= 15 is 0 Å². The van der Waals surface area contributed by atoms with E-state index < -0.39 is 6.04 Å². The van der Waals surface area contributed by atoms with Gasteiger partial charge >= 0.3 is 6.03 Å². The maximum absolute atomic E-state index is 13.4. The second-order valence-electron chi connectivity index (χ2n) is 8.35. The van der Waals surface area contributed by atoms with Crippen LogP contribution < -0.4 is 16.2 Å². The average molecular weight is 466 g/mol. The van der Waals surface area contributed by atoms with E-state index in [1.54, 1.807) is 30.5 Å². The SMILES string of the molecule is Cc1ccc(NC(=O)N2Cc3ccccc3[C@H]2C(=O)Nc2ccc(-n3ccncc3=O)cc2)cc1. The maximum Gasteiger partial charge on any atom is 0.323 e. The Kier molecular flexibility index (Phi) is 5.85. The second-order valence-corrected chi connectivity index (χ2v) is 8.35. The van der Waals surface area contributed by atoms with Crippen LogP contribution >= 0.6 is 0 Å². The number of aromatic nitrogens is 2. The zero-order chi connectivity index (χ0) is 24.4. The van der Waals surface area contributed by atoms with E-state index in [-0.39, 0.29) is 17.5 Å². The van der Waals surface area contributed by atoms with Crippen LogP contribution in [0.2, 0.25) is 0 Å². The molecular formula is C27H23N5O3. The number of carbonyl (C=O) groups is 2. The number of nitrogens with zero attached hydrogens (tertiary/aromatic N) is 3. The molecule has 1 aliphatic rings. The number of carbonyl (C=O) groups excluding carboxylic acids is 2. The Morgan fingerprint density at radius 1 is 0.914 bits per heavy atom. The fourth-order valence-corrected chi connectivity index (χ4v) is 4.17. The van der Waals surface area contributed by atoms with Gasteiger partial charge in [-0.1, -0.05) is 42.0 Å². The quantitative estimate of drug-likeness (QED) is 0.471. The first kappa shape index (κ1) is 22.1. The minimum Gasteiger partial charge on any atom is -0.324 e. The summed E-state index contributed by atoms with van der Waals surface area (Å²) in [6, 6.07) is 20.9. The normalized spacial score (nSPS) is 14.3. The fraction of sp³-hybridized carbons (Fsp3) is 0.111. The topological polar surface area (TPSA) is 96.3 Å². The number of anilines is 2. The predicted octanol–water partition coefficient (Wildman–Crippen LogP) is 4.27. The fourth-order valence-electron chi connectivity index (χ4n) is 4.17. The van der Waals surface area contributed by atoms with Crippen molar-refractivity contribution in [3.63, 3.8) is 0 Å². The van der Waals surface area contributed by atoms with Gasteiger partial charge in [-0.2, -0.15) is 0 Å². The largest absolute Gasteiger partial charge is 0.324 e. The lowest BCUT2D eigenvalue weighted by Crippen LogP contribution is -2.39. The third kappa shape index (κ3) is 4.54. The summed E-state index contributed by atoms with van der Waals surface area (Å²) in [5.41, 5.74) is 4.45. The van der Waals surface area contributed by atoms with E-state index in [0.717, 1.165) is 16.7 Å². The standard InChI is InChI=1S/C27H23N5O3/c1-18-6-8-21(9-7-18)30-27(35)32-17-19-4-2-3-5-23(19)25(32)26(34)29-20-10-12-22(13-11-20)31-15-14-28-16-24(31)33/h2-16,25H,17H2,1H3,(H,29,34)(H,30,35)/t25-/m0/s1. The predicted molar refractivity (Wildman–Crippen MR) is 133 cm³/mol. The summed E-state index contributed by atoms with van der Waals surface area (Å²) in [6.45, 7) is 2.31. The van der Waals surface area contributed by atoms with Crippen molar-refractivity contribution in [2.45, 2.75) is 19.5 Å². The van der Waals surface area contributed by atoms with Crippen LogP contribution in [0, 0.1) is 6.92 Å². The van der Waals surface area contributed by atoms with Crippen LogP contribution in [0.1, 0.15) is 22.7 Å². The summed E-state index contributed by atoms with van der Waals surface area (Å²) in [5, 5.41) is 5.81. The molecule has 174 valence electrons. The van der Waals surface area contributed by atoms with Crippen molar-refractivity contribution in [3.05, 3.63) is 118 Å². The average Bonchev–Trinajstić information content (AvgIpc) is 3.26. The minimum absolute atomic E-state index is 0.248. The highest BCUT2D eigenvalue weighted by molar-refractivity contribution is 6.00. The molecule has 1 aliphatic heterocycles. The Balaban J connectivity index is 1.37. The summed E-state index contributed by atoms with van der Waals surface area (Å²) >= 11 is 0. The first-order valence-corrected chi connectivity index (χ1v) is 11.2. The molecule has 1 atom stereocenters. The molecule has 2 heterocycles. The summed E-state index contributed by atoms with van der Waals surface area (Å²) in [6.07, 6.45) is 4.35. The maximum atomic E-state index is 13.4. The van der Waals surface area contributed by atoms with Gasteiger partial charge in [-0.25, -0.2) is 4.79 Å². The Hall–Kier alpha value is -4.72. The molecule has 2 N–H and O–H groups in total. The van der Waals surface area contributed by atoms with Crippen molar-refractivity contribution in [3.8, 4) is 5.69 Å². The third-order valence-electron chi connectivity index (χ3n) is 5.95. The molecule has 0 radical (unpaired) electrons. The molecular weight excluding hydrogens is 442 g/mol. The highest BCUT2D eigenvalue weighted by atomic mass is 16.2. The molecule has 8 nitrogen and oxygen atoms in total. The van der Waals surface area contributed by atoms with Crippen LogP contribution in [0.25, 0.3) is 5.69 Å². The molecule has 4 aromatic rings. The van der Waals surface area contributed by atoms with Crippen molar-refractivity contribution in [1.82, 2.24) is 14.5 Å². The lowest BCUT2D eigenvalue weighted by atomic mass is 10.0. The third-order valence-corrected chi connectivity index (χ3v) is 5.95. The van der Waals surface area contributed by atoms with Gasteiger partial charge in [0.15, 0.2) is 0 Å². The number of aryl methyl sites for hydroxylation is 1. The number of hydrogen-bond donors (Lipinski definition) is 2. The molecule has 0 aliphatic carbocycles. The van der Waals surface area contributed by atoms with Crippen LogP contribution in [-0.4, -0.2) is 26.4 Å². The Morgan fingerprint density at radius 3 is 2.34 bits per heavy atom. The molecule has 0 spiro atoms. The van der Waals surface area contributed by atoms with Crippen LogP contribution in [0.15, 0.2) is 96.2 Å². The summed E-state index contributed by atoms with van der Waals surface area (Å²) in [4.78, 5) is 43.9. The van der Waals surface area contributed by atoms with E-state index in [2.05, 4.69) is 15.6 Å². The summed E-state index contributed by atoms with van der Waals surface area (Å²) in [7, 11) is 0. The van der Waals surface area contributed by atoms with Crippen molar-refractivity contribution in [2.75, 3.05) is 10.6 Å². The number of benzene rings is 3. The smallest absolute Gasteiger partial charge is 0.323 e. The highest BCUT2D eigenvalue weighted by Gasteiger charge is 2.38. The van der Waals surface area contributed by atoms with Gasteiger partial charge in [0.1, 0.15) is 6.04 Å². The number of urea groups is 1. The highest BCUT2D eigenvalue weighted by Crippen LogP contribution is 2.35. The van der Waals surface area contributed by atoms with Gasteiger partial charge in [0.25, 0.3) is 11.5 Å². The number of nitrogens with one attached hydrogen (secondary N) is 2. The molecule has 0 bridgehead atoms. The van der Waals surface area contributed by atoms with Gasteiger partial charge in [-0.3, -0.25) is 19.1 Å². The zero-order valence-corrected chi connectivity index (χ0v) is 19.0. The van der Waals surface area contributed by atoms with Gasteiger partial charge in [0.05, 0.1) is 6.20 Å². The van der Waals surface area contributed by atoms with Crippen molar-refractivity contribution >= 4 is 23.3 Å². The Morgan fingerprint density at radius 2 is 1.60 bits per heavy atom. The summed E-state index contributed by atoms with van der Waals surface area (Å²) < 4.78 is 1.46. The lowest BCUT2D eigenvalue weighted by Gasteiger charge is -2.25. The van der Waals surface area contributed by atoms with Gasteiger partial charge < -0.3 is 15.5 Å². The van der Waals surface area contributed by atoms with Gasteiger partial charge in [-0.15, -0.1) is 0 Å². The van der Waals surface area contributed by atoms with E-state index in [1.165, 1.54) is 21.9 Å². The molecule has 0 saturated carbocycles. The van der Waals surface area contributed by atoms with Crippen LogP contribution in [0.3, 0.4) is 0 Å². The Labute approximate surface area is 201 Å². The number of hydrogen-bond acceptors (Lipinski definition) is 4. The first-order chi connectivity index (χ1) is 17.0. The summed E-state index contributed by atoms with van der Waals surface area (Å²) in [5.74, 6) is -0.317. The first-order valence-electron chi connectivity index (χ1n) is 11.2. The van der Waals surface area contributed by atoms with E-state index in [0.29, 0.717) is 23.6 Å². The molecule has 0 saturated heterocycles. The monoisotopic (exact) mass is 465 g/mol. The number of rotatable bonds is 4. The van der Waals surface area contributed by atoms with E-state index in [4.69, 9.17) is 0 Å². The van der Waals surface area contributed by atoms with Gasteiger partial charge in [0.2, 0.25) is 0 Å². The zero-order valence-electron chi connectivity index (χ0n) is 19.0. The minimum atomic E-state index is -0.779. The van der Waals surface area contributed by atoms with Crippen molar-refractivity contribution in [1.29, 1.82) is 0 Å². The second kappa shape index (κ2) is 9.26.